The molecule has 0 spiro atoms. The summed E-state index contributed by atoms with van der Waals surface area (Å²) in [5.41, 5.74) is 3.72. The number of methoxy groups -OCH3 is 1. The third-order valence-corrected chi connectivity index (χ3v) is 6.86. The first-order valence-corrected chi connectivity index (χ1v) is 12.6. The van der Waals surface area contributed by atoms with E-state index in [1.807, 2.05) is 44.2 Å². The molecule has 1 aliphatic heterocycles. The Labute approximate surface area is 218 Å². The molecule has 1 atom stereocenters. The Bertz CT molecular complexity index is 1310. The number of rotatable bonds is 9. The van der Waals surface area contributed by atoms with Crippen molar-refractivity contribution in [2.75, 3.05) is 18.6 Å². The number of carbonyl (C=O) groups excluding carboxylic acids is 2. The Balaban J connectivity index is 1.79. The van der Waals surface area contributed by atoms with Gasteiger partial charge in [-0.1, -0.05) is 44.0 Å². The number of Topliss-reactive ketones (excluding diaryl/α,β-unsaturated/α-hetero) is 1. The van der Waals surface area contributed by atoms with Gasteiger partial charge in [-0.05, 0) is 79.4 Å². The zero-order chi connectivity index (χ0) is 26.5. The Hall–Kier alpha value is -4.06. The molecule has 4 rings (SSSR count). The zero-order valence-electron chi connectivity index (χ0n) is 21.8. The summed E-state index contributed by atoms with van der Waals surface area (Å²) in [7, 11) is 1.58. The molecule has 0 radical (unpaired) electrons. The van der Waals surface area contributed by atoms with Crippen LogP contribution in [0.4, 0.5) is 5.69 Å². The van der Waals surface area contributed by atoms with Crippen molar-refractivity contribution in [1.82, 2.24) is 0 Å². The largest absolute Gasteiger partial charge is 0.507 e. The number of ether oxygens (including phenoxy) is 2. The zero-order valence-corrected chi connectivity index (χ0v) is 21.8. The standard InChI is InChI=1S/C31H33NO5/c1-5-6-7-19-37-25-17-13-23(14-18-25)29(33)27-28(22-11-15-24(36-4)16-12-22)32(31(35)30(27)34)26-10-8-9-20(2)21(26)3/h8-18,28,33H,5-7,19H2,1-4H3/b29-27+. The molecule has 1 amide bonds. The minimum absolute atomic E-state index is 0.0488. The van der Waals surface area contributed by atoms with Crippen LogP contribution in [0.2, 0.25) is 0 Å². The van der Waals surface area contributed by atoms with E-state index in [-0.39, 0.29) is 11.3 Å². The number of ketones is 1. The van der Waals surface area contributed by atoms with Crippen molar-refractivity contribution in [1.29, 1.82) is 0 Å². The van der Waals surface area contributed by atoms with Crippen molar-refractivity contribution in [2.24, 2.45) is 0 Å². The Morgan fingerprint density at radius 2 is 1.59 bits per heavy atom. The minimum Gasteiger partial charge on any atom is -0.507 e. The predicted molar refractivity (Wildman–Crippen MR) is 145 cm³/mol. The van der Waals surface area contributed by atoms with Gasteiger partial charge in [0.25, 0.3) is 11.7 Å². The van der Waals surface area contributed by atoms with Crippen LogP contribution in [0, 0.1) is 13.8 Å². The van der Waals surface area contributed by atoms with Gasteiger partial charge in [-0.25, -0.2) is 0 Å². The summed E-state index contributed by atoms with van der Waals surface area (Å²) in [6.45, 7) is 6.65. The first-order chi connectivity index (χ1) is 17.9. The average molecular weight is 500 g/mol. The molecule has 1 N–H and O–H groups in total. The molecule has 3 aromatic rings. The fourth-order valence-corrected chi connectivity index (χ4v) is 4.59. The maximum absolute atomic E-state index is 13.4. The predicted octanol–water partition coefficient (Wildman–Crippen LogP) is 6.51. The first kappa shape index (κ1) is 26.0. The lowest BCUT2D eigenvalue weighted by atomic mass is 9.94. The van der Waals surface area contributed by atoms with Crippen molar-refractivity contribution in [3.05, 3.63) is 94.6 Å². The van der Waals surface area contributed by atoms with Gasteiger partial charge in [0.05, 0.1) is 25.3 Å². The van der Waals surface area contributed by atoms with Gasteiger partial charge in [-0.3, -0.25) is 14.5 Å². The van der Waals surface area contributed by atoms with Crippen LogP contribution in [0.1, 0.15) is 54.5 Å². The molecular weight excluding hydrogens is 466 g/mol. The molecule has 0 aromatic heterocycles. The van der Waals surface area contributed by atoms with Crippen molar-refractivity contribution in [3.8, 4) is 11.5 Å². The number of carbonyl (C=O) groups is 2. The molecule has 1 aliphatic rings. The van der Waals surface area contributed by atoms with Crippen LogP contribution in [0.15, 0.2) is 72.3 Å². The van der Waals surface area contributed by atoms with Crippen molar-refractivity contribution >= 4 is 23.1 Å². The molecule has 6 heteroatoms. The van der Waals surface area contributed by atoms with Crippen LogP contribution in [-0.2, 0) is 9.59 Å². The summed E-state index contributed by atoms with van der Waals surface area (Å²) >= 11 is 0. The first-order valence-electron chi connectivity index (χ1n) is 12.6. The highest BCUT2D eigenvalue weighted by Crippen LogP contribution is 2.43. The van der Waals surface area contributed by atoms with E-state index in [0.717, 1.165) is 30.4 Å². The number of aliphatic hydroxyl groups excluding tert-OH is 1. The van der Waals surface area contributed by atoms with Crippen molar-refractivity contribution in [2.45, 2.75) is 46.1 Å². The normalized spacial score (nSPS) is 16.8. The molecule has 1 fully saturated rings. The van der Waals surface area contributed by atoms with Crippen molar-refractivity contribution < 1.29 is 24.2 Å². The molecule has 37 heavy (non-hydrogen) atoms. The Kier molecular flexibility index (Phi) is 7.97. The van der Waals surface area contributed by atoms with Gasteiger partial charge in [0.15, 0.2) is 0 Å². The number of unbranched alkanes of at least 4 members (excludes halogenated alkanes) is 2. The van der Waals surface area contributed by atoms with E-state index in [1.54, 1.807) is 43.5 Å². The van der Waals surface area contributed by atoms with Gasteiger partial charge < -0.3 is 14.6 Å². The molecule has 3 aromatic carbocycles. The molecular formula is C31H33NO5. The van der Waals surface area contributed by atoms with Gasteiger partial charge in [0.2, 0.25) is 0 Å². The molecule has 192 valence electrons. The van der Waals surface area contributed by atoms with E-state index in [0.29, 0.717) is 34.9 Å². The number of nitrogens with zero attached hydrogens (tertiary/aromatic N) is 1. The summed E-state index contributed by atoms with van der Waals surface area (Å²) in [5.74, 6) is -0.271. The maximum atomic E-state index is 13.4. The fraction of sp³-hybridized carbons (Fsp3) is 0.290. The van der Waals surface area contributed by atoms with Crippen LogP contribution in [-0.4, -0.2) is 30.5 Å². The van der Waals surface area contributed by atoms with Crippen LogP contribution in [0.3, 0.4) is 0 Å². The van der Waals surface area contributed by atoms with E-state index in [4.69, 9.17) is 9.47 Å². The van der Waals surface area contributed by atoms with Gasteiger partial charge in [0.1, 0.15) is 17.3 Å². The van der Waals surface area contributed by atoms with Gasteiger partial charge in [-0.2, -0.15) is 0 Å². The Morgan fingerprint density at radius 3 is 2.24 bits per heavy atom. The van der Waals surface area contributed by atoms with Crippen LogP contribution >= 0.6 is 0 Å². The summed E-state index contributed by atoms with van der Waals surface area (Å²) in [4.78, 5) is 28.3. The summed E-state index contributed by atoms with van der Waals surface area (Å²) in [6, 6.07) is 19.0. The second kappa shape index (κ2) is 11.3. The highest BCUT2D eigenvalue weighted by molar-refractivity contribution is 6.51. The summed E-state index contributed by atoms with van der Waals surface area (Å²) in [6.07, 6.45) is 3.19. The summed E-state index contributed by atoms with van der Waals surface area (Å²) < 4.78 is 11.1. The van der Waals surface area contributed by atoms with E-state index < -0.39 is 17.7 Å². The van der Waals surface area contributed by atoms with Crippen LogP contribution < -0.4 is 14.4 Å². The number of hydrogen-bond acceptors (Lipinski definition) is 5. The molecule has 1 unspecified atom stereocenters. The number of aryl methyl sites for hydroxylation is 1. The minimum atomic E-state index is -0.795. The fourth-order valence-electron chi connectivity index (χ4n) is 4.59. The number of aliphatic hydroxyl groups is 1. The Morgan fingerprint density at radius 1 is 0.919 bits per heavy atom. The topological polar surface area (TPSA) is 76.1 Å². The van der Waals surface area contributed by atoms with Gasteiger partial charge in [0, 0.05) is 11.3 Å². The van der Waals surface area contributed by atoms with Crippen molar-refractivity contribution in [3.63, 3.8) is 0 Å². The second-order valence-electron chi connectivity index (χ2n) is 9.24. The lowest BCUT2D eigenvalue weighted by molar-refractivity contribution is -0.132. The van der Waals surface area contributed by atoms with E-state index in [1.165, 1.54) is 4.90 Å². The number of amides is 1. The maximum Gasteiger partial charge on any atom is 0.300 e. The molecule has 1 heterocycles. The lowest BCUT2D eigenvalue weighted by Gasteiger charge is -2.27. The number of hydrogen-bond donors (Lipinski definition) is 1. The average Bonchev–Trinajstić information content (AvgIpc) is 3.18. The third kappa shape index (κ3) is 5.24. The van der Waals surface area contributed by atoms with E-state index in [2.05, 4.69) is 6.92 Å². The van der Waals surface area contributed by atoms with E-state index in [9.17, 15) is 14.7 Å². The highest BCUT2D eigenvalue weighted by atomic mass is 16.5. The number of benzene rings is 3. The molecule has 0 saturated carbocycles. The molecule has 1 saturated heterocycles. The van der Waals surface area contributed by atoms with Crippen LogP contribution in [0.5, 0.6) is 11.5 Å². The molecule has 6 nitrogen and oxygen atoms in total. The van der Waals surface area contributed by atoms with Gasteiger partial charge >= 0.3 is 0 Å². The van der Waals surface area contributed by atoms with Crippen LogP contribution in [0.25, 0.3) is 5.76 Å². The monoisotopic (exact) mass is 499 g/mol. The second-order valence-corrected chi connectivity index (χ2v) is 9.24. The quantitative estimate of drug-likeness (QED) is 0.157. The smallest absolute Gasteiger partial charge is 0.300 e. The number of anilines is 1. The third-order valence-electron chi connectivity index (χ3n) is 6.86. The van der Waals surface area contributed by atoms with Gasteiger partial charge in [-0.15, -0.1) is 0 Å². The molecule has 0 bridgehead atoms. The molecule has 0 aliphatic carbocycles. The summed E-state index contributed by atoms with van der Waals surface area (Å²) in [5, 5.41) is 11.4. The lowest BCUT2D eigenvalue weighted by Crippen LogP contribution is -2.30. The SMILES string of the molecule is CCCCCOc1ccc(/C(O)=C2\C(=O)C(=O)N(c3cccc(C)c3C)C2c2ccc(OC)cc2)cc1. The highest BCUT2D eigenvalue weighted by Gasteiger charge is 2.47. The van der Waals surface area contributed by atoms with E-state index >= 15 is 0 Å².